The maximum atomic E-state index is 5.94. The standard InChI is InChI=1S/C12H14ClN3OS/c1-17-8-3-9(14-4-8)12-15-5-10(16-12)7-2-11(13)18-6-7/h2,5-6,8-9,14H,3-4H2,1H3,(H,15,16). The van der Waals surface area contributed by atoms with Crippen LogP contribution in [-0.4, -0.2) is 29.7 Å². The molecule has 1 aliphatic rings. The van der Waals surface area contributed by atoms with Crippen molar-refractivity contribution in [3.05, 3.63) is 27.8 Å². The van der Waals surface area contributed by atoms with Crippen LogP contribution in [-0.2, 0) is 4.74 Å². The smallest absolute Gasteiger partial charge is 0.123 e. The molecule has 2 N–H and O–H groups in total. The van der Waals surface area contributed by atoms with E-state index in [1.807, 2.05) is 17.6 Å². The normalized spacial score (nSPS) is 23.7. The van der Waals surface area contributed by atoms with Crippen LogP contribution in [0.5, 0.6) is 0 Å². The summed E-state index contributed by atoms with van der Waals surface area (Å²) in [6.07, 6.45) is 3.09. The fraction of sp³-hybridized carbons (Fsp3) is 0.417. The zero-order valence-corrected chi connectivity index (χ0v) is 11.5. The van der Waals surface area contributed by atoms with E-state index in [-0.39, 0.29) is 12.1 Å². The highest BCUT2D eigenvalue weighted by Crippen LogP contribution is 2.29. The van der Waals surface area contributed by atoms with Gasteiger partial charge in [0.15, 0.2) is 0 Å². The van der Waals surface area contributed by atoms with Gasteiger partial charge in [0.1, 0.15) is 5.82 Å². The van der Waals surface area contributed by atoms with Crippen LogP contribution in [0.15, 0.2) is 17.6 Å². The first-order valence-corrected chi connectivity index (χ1v) is 7.07. The Balaban J connectivity index is 1.78. The summed E-state index contributed by atoms with van der Waals surface area (Å²) in [4.78, 5) is 7.79. The Kier molecular flexibility index (Phi) is 3.39. The molecule has 18 heavy (non-hydrogen) atoms. The van der Waals surface area contributed by atoms with Crippen molar-refractivity contribution in [3.63, 3.8) is 0 Å². The van der Waals surface area contributed by atoms with E-state index in [9.17, 15) is 0 Å². The number of methoxy groups -OCH3 is 1. The number of ether oxygens (including phenoxy) is 1. The van der Waals surface area contributed by atoms with E-state index in [0.29, 0.717) is 0 Å². The van der Waals surface area contributed by atoms with Gasteiger partial charge in [0.25, 0.3) is 0 Å². The van der Waals surface area contributed by atoms with E-state index in [1.54, 1.807) is 7.11 Å². The largest absolute Gasteiger partial charge is 0.380 e. The fourth-order valence-corrected chi connectivity index (χ4v) is 3.08. The molecule has 1 fully saturated rings. The van der Waals surface area contributed by atoms with Gasteiger partial charge in [0.2, 0.25) is 0 Å². The third kappa shape index (κ3) is 2.31. The van der Waals surface area contributed by atoms with Crippen LogP contribution >= 0.6 is 22.9 Å². The van der Waals surface area contributed by atoms with Crippen LogP contribution in [0.3, 0.4) is 0 Å². The van der Waals surface area contributed by atoms with Crippen LogP contribution in [0.4, 0.5) is 0 Å². The number of halogens is 1. The third-order valence-corrected chi connectivity index (χ3v) is 4.32. The van der Waals surface area contributed by atoms with Gasteiger partial charge in [0.05, 0.1) is 28.4 Å². The molecule has 6 heteroatoms. The van der Waals surface area contributed by atoms with E-state index in [2.05, 4.69) is 15.3 Å². The number of imidazole rings is 1. The van der Waals surface area contributed by atoms with E-state index in [0.717, 1.165) is 34.4 Å². The highest BCUT2D eigenvalue weighted by molar-refractivity contribution is 7.14. The monoisotopic (exact) mass is 283 g/mol. The Morgan fingerprint density at radius 2 is 2.44 bits per heavy atom. The number of rotatable bonds is 3. The Labute approximate surface area is 114 Å². The van der Waals surface area contributed by atoms with E-state index >= 15 is 0 Å². The zero-order chi connectivity index (χ0) is 12.5. The average Bonchev–Trinajstić information content (AvgIpc) is 3.07. The van der Waals surface area contributed by atoms with Crippen molar-refractivity contribution in [2.45, 2.75) is 18.6 Å². The van der Waals surface area contributed by atoms with Gasteiger partial charge < -0.3 is 15.0 Å². The van der Waals surface area contributed by atoms with Crippen molar-refractivity contribution in [3.8, 4) is 11.3 Å². The van der Waals surface area contributed by atoms with Crippen LogP contribution in [0, 0.1) is 0 Å². The SMILES string of the molecule is COC1CNC(c2ncc(-c3csc(Cl)c3)[nH]2)C1. The number of nitrogens with one attached hydrogen (secondary N) is 2. The number of hydrogen-bond acceptors (Lipinski definition) is 4. The summed E-state index contributed by atoms with van der Waals surface area (Å²) >= 11 is 7.46. The van der Waals surface area contributed by atoms with Gasteiger partial charge in [-0.3, -0.25) is 0 Å². The van der Waals surface area contributed by atoms with Gasteiger partial charge in [-0.25, -0.2) is 4.98 Å². The predicted molar refractivity (Wildman–Crippen MR) is 73.1 cm³/mol. The molecule has 0 spiro atoms. The number of hydrogen-bond donors (Lipinski definition) is 2. The molecule has 1 saturated heterocycles. The molecule has 0 bridgehead atoms. The van der Waals surface area contributed by atoms with E-state index in [1.165, 1.54) is 11.3 Å². The molecular weight excluding hydrogens is 270 g/mol. The Hall–Kier alpha value is -0.880. The van der Waals surface area contributed by atoms with Crippen molar-refractivity contribution in [2.75, 3.05) is 13.7 Å². The molecular formula is C12H14ClN3OS. The molecule has 3 heterocycles. The number of nitrogens with zero attached hydrogens (tertiary/aromatic N) is 1. The lowest BCUT2D eigenvalue weighted by molar-refractivity contribution is 0.117. The summed E-state index contributed by atoms with van der Waals surface area (Å²) in [7, 11) is 1.75. The molecule has 96 valence electrons. The van der Waals surface area contributed by atoms with Crippen molar-refractivity contribution >= 4 is 22.9 Å². The molecule has 2 unspecified atom stereocenters. The van der Waals surface area contributed by atoms with E-state index < -0.39 is 0 Å². The van der Waals surface area contributed by atoms with Crippen LogP contribution in [0.1, 0.15) is 18.3 Å². The summed E-state index contributed by atoms with van der Waals surface area (Å²) in [6, 6.07) is 2.20. The minimum absolute atomic E-state index is 0.248. The summed E-state index contributed by atoms with van der Waals surface area (Å²) < 4.78 is 6.13. The second-order valence-corrected chi connectivity index (χ2v) is 5.92. The molecule has 2 atom stereocenters. The minimum atomic E-state index is 0.248. The van der Waals surface area contributed by atoms with Crippen LogP contribution in [0.2, 0.25) is 4.34 Å². The second kappa shape index (κ2) is 5.01. The van der Waals surface area contributed by atoms with Gasteiger partial charge in [0, 0.05) is 24.6 Å². The molecule has 0 aliphatic carbocycles. The highest BCUT2D eigenvalue weighted by atomic mass is 35.5. The van der Waals surface area contributed by atoms with Gasteiger partial charge >= 0.3 is 0 Å². The molecule has 1 aliphatic heterocycles. The maximum Gasteiger partial charge on any atom is 0.123 e. The Morgan fingerprint density at radius 1 is 1.56 bits per heavy atom. The predicted octanol–water partition coefficient (Wildman–Crippen LogP) is 2.84. The lowest BCUT2D eigenvalue weighted by Gasteiger charge is -2.06. The highest BCUT2D eigenvalue weighted by Gasteiger charge is 2.27. The van der Waals surface area contributed by atoms with Crippen molar-refractivity contribution in [1.29, 1.82) is 0 Å². The second-order valence-electron chi connectivity index (χ2n) is 4.38. The molecule has 0 amide bonds. The molecule has 0 radical (unpaired) electrons. The average molecular weight is 284 g/mol. The van der Waals surface area contributed by atoms with E-state index in [4.69, 9.17) is 16.3 Å². The number of aromatic nitrogens is 2. The van der Waals surface area contributed by atoms with Gasteiger partial charge in [-0.05, 0) is 12.5 Å². The zero-order valence-electron chi connectivity index (χ0n) is 9.94. The molecule has 0 aromatic carbocycles. The topological polar surface area (TPSA) is 49.9 Å². The Bertz CT molecular complexity index is 539. The molecule has 0 saturated carbocycles. The first-order valence-electron chi connectivity index (χ1n) is 5.81. The molecule has 3 rings (SSSR count). The summed E-state index contributed by atoms with van der Waals surface area (Å²) in [5, 5.41) is 5.43. The lowest BCUT2D eigenvalue weighted by Crippen LogP contribution is -2.16. The lowest BCUT2D eigenvalue weighted by atomic mass is 10.2. The summed E-state index contributed by atoms with van der Waals surface area (Å²) in [5.41, 5.74) is 2.10. The fourth-order valence-electron chi connectivity index (χ4n) is 2.20. The number of thiophene rings is 1. The molecule has 2 aromatic rings. The molecule has 4 nitrogen and oxygen atoms in total. The Morgan fingerprint density at radius 3 is 3.11 bits per heavy atom. The molecule has 2 aromatic heterocycles. The van der Waals surface area contributed by atoms with Gasteiger partial charge in [-0.15, -0.1) is 11.3 Å². The first-order chi connectivity index (χ1) is 8.76. The minimum Gasteiger partial charge on any atom is -0.380 e. The summed E-state index contributed by atoms with van der Waals surface area (Å²) in [6.45, 7) is 0.876. The van der Waals surface area contributed by atoms with Crippen molar-refractivity contribution in [2.24, 2.45) is 0 Å². The van der Waals surface area contributed by atoms with Crippen LogP contribution in [0.25, 0.3) is 11.3 Å². The third-order valence-electron chi connectivity index (χ3n) is 3.23. The number of aromatic amines is 1. The maximum absolute atomic E-state index is 5.94. The van der Waals surface area contributed by atoms with Crippen molar-refractivity contribution < 1.29 is 4.74 Å². The first kappa shape index (κ1) is 12.2. The van der Waals surface area contributed by atoms with Gasteiger partial charge in [-0.2, -0.15) is 0 Å². The van der Waals surface area contributed by atoms with Crippen LogP contribution < -0.4 is 5.32 Å². The van der Waals surface area contributed by atoms with Gasteiger partial charge in [-0.1, -0.05) is 11.6 Å². The number of H-pyrrole nitrogens is 1. The van der Waals surface area contributed by atoms with Crippen molar-refractivity contribution in [1.82, 2.24) is 15.3 Å². The summed E-state index contributed by atoms with van der Waals surface area (Å²) in [5.74, 6) is 0.965. The quantitative estimate of drug-likeness (QED) is 0.911.